The molecule has 0 fully saturated rings. The Balaban J connectivity index is 1.88. The van der Waals surface area contributed by atoms with E-state index < -0.39 is 15.9 Å². The van der Waals surface area contributed by atoms with E-state index in [9.17, 15) is 18.0 Å². The fourth-order valence-electron chi connectivity index (χ4n) is 3.37. The summed E-state index contributed by atoms with van der Waals surface area (Å²) in [6.45, 7) is 4.11. The van der Waals surface area contributed by atoms with Crippen LogP contribution in [-0.4, -0.2) is 43.2 Å². The van der Waals surface area contributed by atoms with Crippen LogP contribution in [0, 0.1) is 13.8 Å². The van der Waals surface area contributed by atoms with Gasteiger partial charge in [0.25, 0.3) is 5.91 Å². The normalized spacial score (nSPS) is 14.7. The Morgan fingerprint density at radius 1 is 1.18 bits per heavy atom. The van der Waals surface area contributed by atoms with Gasteiger partial charge in [-0.05, 0) is 49.1 Å². The van der Waals surface area contributed by atoms with Crippen LogP contribution >= 0.6 is 0 Å². The quantitative estimate of drug-likeness (QED) is 0.808. The van der Waals surface area contributed by atoms with E-state index in [1.54, 1.807) is 12.1 Å². The first-order chi connectivity index (χ1) is 13.2. The molecule has 6 nitrogen and oxygen atoms in total. The number of anilines is 1. The molecule has 0 spiro atoms. The van der Waals surface area contributed by atoms with Gasteiger partial charge in [-0.1, -0.05) is 30.3 Å². The lowest BCUT2D eigenvalue weighted by atomic mass is 10.1. The van der Waals surface area contributed by atoms with Crippen LogP contribution in [0.15, 0.2) is 42.5 Å². The van der Waals surface area contributed by atoms with E-state index in [0.717, 1.165) is 22.9 Å². The third-order valence-corrected chi connectivity index (χ3v) is 5.92. The lowest BCUT2D eigenvalue weighted by molar-refractivity contribution is -0.120. The molecule has 2 aromatic rings. The molecule has 0 saturated carbocycles. The summed E-state index contributed by atoms with van der Waals surface area (Å²) in [6.07, 6.45) is 1.18. The van der Waals surface area contributed by atoms with Crippen LogP contribution in [-0.2, 0) is 21.2 Å². The van der Waals surface area contributed by atoms with E-state index in [4.69, 9.17) is 0 Å². The van der Waals surface area contributed by atoms with Crippen LogP contribution in [0.5, 0.6) is 0 Å². The molecule has 1 aliphatic rings. The summed E-state index contributed by atoms with van der Waals surface area (Å²) in [5.74, 6) is -0.790. The van der Waals surface area contributed by atoms with E-state index in [2.05, 4.69) is 5.32 Å². The van der Waals surface area contributed by atoms with Gasteiger partial charge in [-0.25, -0.2) is 8.42 Å². The van der Waals surface area contributed by atoms with E-state index in [-0.39, 0.29) is 24.0 Å². The second kappa shape index (κ2) is 7.75. The van der Waals surface area contributed by atoms with E-state index in [1.165, 1.54) is 4.90 Å². The monoisotopic (exact) mass is 400 g/mol. The maximum atomic E-state index is 13.1. The highest BCUT2D eigenvalue weighted by Gasteiger charge is 2.36. The number of hydrogen-bond acceptors (Lipinski definition) is 4. The Morgan fingerprint density at radius 2 is 1.89 bits per heavy atom. The zero-order valence-corrected chi connectivity index (χ0v) is 17.0. The van der Waals surface area contributed by atoms with E-state index >= 15 is 0 Å². The number of carbonyl (C=O) groups excluding carboxylic acids is 2. The van der Waals surface area contributed by atoms with Gasteiger partial charge in [0.05, 0.1) is 5.75 Å². The maximum absolute atomic E-state index is 13.1. The average molecular weight is 401 g/mol. The van der Waals surface area contributed by atoms with Crippen molar-refractivity contribution in [2.24, 2.45) is 0 Å². The first-order valence-electron chi connectivity index (χ1n) is 9.10. The minimum Gasteiger partial charge on any atom is -0.324 e. The Kier molecular flexibility index (Phi) is 5.56. The summed E-state index contributed by atoms with van der Waals surface area (Å²) in [5, 5.41) is 2.88. The minimum atomic E-state index is -3.27. The number of sulfone groups is 1. The highest BCUT2D eigenvalue weighted by molar-refractivity contribution is 7.90. The fourth-order valence-corrected chi connectivity index (χ4v) is 4.02. The molecular formula is C21H24N2O4S. The van der Waals surface area contributed by atoms with E-state index in [1.807, 2.05) is 44.2 Å². The number of fused-ring (bicyclic) bond motifs is 1. The van der Waals surface area contributed by atoms with Gasteiger partial charge in [-0.15, -0.1) is 0 Å². The lowest BCUT2D eigenvalue weighted by Gasteiger charge is -2.27. The molecule has 1 N–H and O–H groups in total. The highest BCUT2D eigenvalue weighted by Crippen LogP contribution is 2.27. The van der Waals surface area contributed by atoms with Gasteiger partial charge in [0, 0.05) is 24.1 Å². The van der Waals surface area contributed by atoms with Crippen LogP contribution in [0.3, 0.4) is 0 Å². The Bertz CT molecular complexity index is 1030. The fraction of sp³-hybridized carbons (Fsp3) is 0.333. The number of rotatable bonds is 6. The maximum Gasteiger partial charge on any atom is 0.255 e. The second-order valence-electron chi connectivity index (χ2n) is 7.33. The van der Waals surface area contributed by atoms with Gasteiger partial charge in [-0.3, -0.25) is 9.59 Å². The summed E-state index contributed by atoms with van der Waals surface area (Å²) >= 11 is 0. The molecule has 3 rings (SSSR count). The number of hydrogen-bond donors (Lipinski definition) is 1. The molecule has 0 aliphatic carbocycles. The molecule has 1 heterocycles. The number of amides is 2. The molecule has 0 bridgehead atoms. The van der Waals surface area contributed by atoms with Crippen LogP contribution in [0.4, 0.5) is 5.69 Å². The van der Waals surface area contributed by atoms with Crippen molar-refractivity contribution in [3.8, 4) is 0 Å². The molecule has 2 amide bonds. The number of aryl methyl sites for hydroxylation is 2. The van der Waals surface area contributed by atoms with Crippen LogP contribution < -0.4 is 5.32 Å². The number of benzene rings is 2. The van der Waals surface area contributed by atoms with Crippen LogP contribution in [0.1, 0.15) is 33.5 Å². The first kappa shape index (κ1) is 20.1. The molecule has 28 heavy (non-hydrogen) atoms. The van der Waals surface area contributed by atoms with Crippen LogP contribution in [0.25, 0.3) is 0 Å². The van der Waals surface area contributed by atoms with Gasteiger partial charge in [-0.2, -0.15) is 0 Å². The smallest absolute Gasteiger partial charge is 0.255 e. The third-order valence-electron chi connectivity index (χ3n) is 4.94. The predicted molar refractivity (Wildman–Crippen MR) is 109 cm³/mol. The summed E-state index contributed by atoms with van der Waals surface area (Å²) in [7, 11) is -3.27. The molecule has 0 saturated heterocycles. The lowest BCUT2D eigenvalue weighted by Crippen LogP contribution is -2.45. The molecule has 2 aromatic carbocycles. The van der Waals surface area contributed by atoms with Crippen LogP contribution in [0.2, 0.25) is 0 Å². The average Bonchev–Trinajstić information content (AvgIpc) is 2.94. The van der Waals surface area contributed by atoms with Crippen molar-refractivity contribution in [2.75, 3.05) is 17.3 Å². The van der Waals surface area contributed by atoms with Gasteiger partial charge < -0.3 is 10.2 Å². The zero-order chi connectivity index (χ0) is 20.5. The first-order valence-corrected chi connectivity index (χ1v) is 11.2. The number of nitrogens with one attached hydrogen (secondary N) is 1. The Morgan fingerprint density at radius 3 is 2.57 bits per heavy atom. The molecular weight excluding hydrogens is 376 g/mol. The zero-order valence-electron chi connectivity index (χ0n) is 16.2. The van der Waals surface area contributed by atoms with Crippen molar-refractivity contribution in [3.05, 3.63) is 64.7 Å². The topological polar surface area (TPSA) is 83.6 Å². The number of nitrogens with zero attached hydrogens (tertiary/aromatic N) is 1. The second-order valence-corrected chi connectivity index (χ2v) is 9.59. The van der Waals surface area contributed by atoms with Gasteiger partial charge in [0.1, 0.15) is 15.9 Å². The van der Waals surface area contributed by atoms with Crippen molar-refractivity contribution in [1.82, 2.24) is 4.90 Å². The Hall–Kier alpha value is -2.67. The van der Waals surface area contributed by atoms with Crippen molar-refractivity contribution in [3.63, 3.8) is 0 Å². The molecule has 1 aliphatic heterocycles. The molecule has 1 unspecified atom stereocenters. The molecule has 0 radical (unpaired) electrons. The van der Waals surface area contributed by atoms with Crippen molar-refractivity contribution < 1.29 is 18.0 Å². The Labute approximate surface area is 165 Å². The molecule has 148 valence electrons. The van der Waals surface area contributed by atoms with E-state index in [0.29, 0.717) is 17.8 Å². The SMILES string of the molecule is Cc1ccc(C)c(NC(=O)C(CCS(C)(=O)=O)N2Cc3ccccc3C2=O)c1. The van der Waals surface area contributed by atoms with Gasteiger partial charge >= 0.3 is 0 Å². The molecule has 7 heteroatoms. The summed E-state index contributed by atoms with van der Waals surface area (Å²) < 4.78 is 23.4. The summed E-state index contributed by atoms with van der Waals surface area (Å²) in [6, 6.07) is 12.1. The van der Waals surface area contributed by atoms with Crippen molar-refractivity contribution >= 4 is 27.3 Å². The third kappa shape index (κ3) is 4.42. The van der Waals surface area contributed by atoms with Gasteiger partial charge in [0.2, 0.25) is 5.91 Å². The largest absolute Gasteiger partial charge is 0.324 e. The van der Waals surface area contributed by atoms with Crippen molar-refractivity contribution in [1.29, 1.82) is 0 Å². The molecule has 1 atom stereocenters. The highest BCUT2D eigenvalue weighted by atomic mass is 32.2. The minimum absolute atomic E-state index is 0.0509. The summed E-state index contributed by atoms with van der Waals surface area (Å²) in [4.78, 5) is 27.4. The summed E-state index contributed by atoms with van der Waals surface area (Å²) in [5.41, 5.74) is 3.97. The van der Waals surface area contributed by atoms with Crippen molar-refractivity contribution in [2.45, 2.75) is 32.9 Å². The predicted octanol–water partition coefficient (Wildman–Crippen LogP) is 2.70. The number of carbonyl (C=O) groups is 2. The molecule has 0 aromatic heterocycles. The van der Waals surface area contributed by atoms with Gasteiger partial charge in [0.15, 0.2) is 0 Å². The standard InChI is InChI=1S/C21H24N2O4S/c1-14-8-9-15(2)18(12-14)22-20(24)19(10-11-28(3,26)27)23-13-16-6-4-5-7-17(16)21(23)25/h4-9,12,19H,10-11,13H2,1-3H3,(H,22,24).